The van der Waals surface area contributed by atoms with Crippen LogP contribution in [0.25, 0.3) is 0 Å². The number of likely N-dealkylation sites (tertiary alicyclic amines) is 1. The van der Waals surface area contributed by atoms with Crippen molar-refractivity contribution in [2.24, 2.45) is 0 Å². The molecule has 1 saturated heterocycles. The van der Waals surface area contributed by atoms with Crippen molar-refractivity contribution in [2.75, 3.05) is 32.1 Å². The van der Waals surface area contributed by atoms with Gasteiger partial charge in [0.25, 0.3) is 5.91 Å². The highest BCUT2D eigenvalue weighted by atomic mass is 16.3. The van der Waals surface area contributed by atoms with Gasteiger partial charge in [-0.25, -0.2) is 4.98 Å². The number of aliphatic hydroxyl groups is 1. The van der Waals surface area contributed by atoms with E-state index in [1.54, 1.807) is 24.1 Å². The molecule has 1 aliphatic rings. The van der Waals surface area contributed by atoms with Crippen LogP contribution in [-0.2, 0) is 0 Å². The first-order valence-electron chi connectivity index (χ1n) is 5.54. The maximum atomic E-state index is 12.0. The molecule has 1 fully saturated rings. The maximum absolute atomic E-state index is 12.0. The Morgan fingerprint density at radius 3 is 2.53 bits per heavy atom. The molecule has 2 heterocycles. The van der Waals surface area contributed by atoms with Crippen LogP contribution in [0.1, 0.15) is 17.3 Å². The van der Waals surface area contributed by atoms with Crippen LogP contribution in [0.15, 0.2) is 18.3 Å². The summed E-state index contributed by atoms with van der Waals surface area (Å²) in [5.41, 5.74) is -0.168. The van der Waals surface area contributed by atoms with Crippen molar-refractivity contribution in [3.8, 4) is 0 Å². The van der Waals surface area contributed by atoms with E-state index in [9.17, 15) is 9.90 Å². The highest BCUT2D eigenvalue weighted by molar-refractivity contribution is 5.94. The minimum absolute atomic E-state index is 0.0747. The summed E-state index contributed by atoms with van der Waals surface area (Å²) in [5, 5.41) is 9.58. The molecule has 0 saturated carbocycles. The van der Waals surface area contributed by atoms with Gasteiger partial charge in [0.15, 0.2) is 0 Å². The van der Waals surface area contributed by atoms with Crippen molar-refractivity contribution in [2.45, 2.75) is 12.5 Å². The van der Waals surface area contributed by atoms with E-state index in [1.807, 2.05) is 25.1 Å². The van der Waals surface area contributed by atoms with E-state index >= 15 is 0 Å². The first kappa shape index (κ1) is 11.9. The number of nitrogens with zero attached hydrogens (tertiary/aromatic N) is 3. The molecule has 1 N–H and O–H groups in total. The number of carbonyl (C=O) groups excluding carboxylic acids is 1. The highest BCUT2D eigenvalue weighted by Gasteiger charge is 2.39. The van der Waals surface area contributed by atoms with Gasteiger partial charge >= 0.3 is 0 Å². The molecule has 0 atom stereocenters. The molecule has 0 unspecified atom stereocenters. The number of pyridine rings is 1. The van der Waals surface area contributed by atoms with E-state index in [4.69, 9.17) is 0 Å². The Kier molecular flexibility index (Phi) is 2.79. The van der Waals surface area contributed by atoms with Crippen molar-refractivity contribution in [3.63, 3.8) is 0 Å². The average molecular weight is 235 g/mol. The second kappa shape index (κ2) is 4.00. The van der Waals surface area contributed by atoms with Gasteiger partial charge in [-0.1, -0.05) is 0 Å². The van der Waals surface area contributed by atoms with Gasteiger partial charge in [0.05, 0.1) is 24.3 Å². The molecule has 17 heavy (non-hydrogen) atoms. The highest BCUT2D eigenvalue weighted by Crippen LogP contribution is 2.22. The number of rotatable bonds is 2. The quantitative estimate of drug-likeness (QED) is 0.804. The lowest BCUT2D eigenvalue weighted by molar-refractivity contribution is -0.0668. The molecule has 2 rings (SSSR count). The standard InChI is InChI=1S/C12H17N3O2/c1-12(17)7-15(8-12)11(16)9-4-5-10(13-6-9)14(2)3/h4-6,17H,7-8H2,1-3H3. The van der Waals surface area contributed by atoms with E-state index < -0.39 is 5.60 Å². The van der Waals surface area contributed by atoms with Crippen molar-refractivity contribution in [1.29, 1.82) is 0 Å². The first-order chi connectivity index (χ1) is 7.89. The van der Waals surface area contributed by atoms with Crippen molar-refractivity contribution >= 4 is 11.7 Å². The third kappa shape index (κ3) is 2.39. The predicted octanol–water partition coefficient (Wildman–Crippen LogP) is 0.354. The van der Waals surface area contributed by atoms with E-state index in [0.29, 0.717) is 18.7 Å². The topological polar surface area (TPSA) is 56.7 Å². The summed E-state index contributed by atoms with van der Waals surface area (Å²) in [5.74, 6) is 0.742. The normalized spacial score (nSPS) is 17.5. The van der Waals surface area contributed by atoms with Crippen LogP contribution in [-0.4, -0.2) is 53.7 Å². The Balaban J connectivity index is 2.06. The molecular formula is C12H17N3O2. The Hall–Kier alpha value is -1.62. The minimum Gasteiger partial charge on any atom is -0.386 e. The SMILES string of the molecule is CN(C)c1ccc(C(=O)N2CC(C)(O)C2)cn1. The fourth-order valence-corrected chi connectivity index (χ4v) is 1.88. The molecule has 1 amide bonds. The zero-order valence-electron chi connectivity index (χ0n) is 10.3. The van der Waals surface area contributed by atoms with Gasteiger partial charge in [0.2, 0.25) is 0 Å². The number of amides is 1. The first-order valence-corrected chi connectivity index (χ1v) is 5.54. The van der Waals surface area contributed by atoms with E-state index in [1.165, 1.54) is 0 Å². The van der Waals surface area contributed by atoms with Crippen LogP contribution in [0.2, 0.25) is 0 Å². The third-order valence-corrected chi connectivity index (χ3v) is 2.80. The van der Waals surface area contributed by atoms with Gasteiger partial charge in [-0.05, 0) is 19.1 Å². The summed E-state index contributed by atoms with van der Waals surface area (Å²) in [6.07, 6.45) is 1.57. The van der Waals surface area contributed by atoms with Crippen LogP contribution in [0.5, 0.6) is 0 Å². The second-order valence-corrected chi connectivity index (χ2v) is 4.96. The van der Waals surface area contributed by atoms with Gasteiger partial charge in [-0.2, -0.15) is 0 Å². The molecular weight excluding hydrogens is 218 g/mol. The number of β-amino-alcohol motifs (C(OH)–C–C–N with tert-alkyl or cyclic N) is 1. The summed E-state index contributed by atoms with van der Waals surface area (Å²) >= 11 is 0. The van der Waals surface area contributed by atoms with Gasteiger partial charge in [-0.3, -0.25) is 4.79 Å². The molecule has 0 bridgehead atoms. The van der Waals surface area contributed by atoms with E-state index in [2.05, 4.69) is 4.98 Å². The summed E-state index contributed by atoms with van der Waals surface area (Å²) in [6.45, 7) is 2.51. The number of aromatic nitrogens is 1. The molecule has 0 aromatic carbocycles. The minimum atomic E-state index is -0.729. The largest absolute Gasteiger partial charge is 0.386 e. The summed E-state index contributed by atoms with van der Waals surface area (Å²) in [6, 6.07) is 3.57. The third-order valence-electron chi connectivity index (χ3n) is 2.80. The molecule has 92 valence electrons. The summed E-state index contributed by atoms with van der Waals surface area (Å²) in [4.78, 5) is 19.6. The number of carbonyl (C=O) groups is 1. The Labute approximate surface area is 101 Å². The molecule has 0 spiro atoms. The Morgan fingerprint density at radius 2 is 2.12 bits per heavy atom. The smallest absolute Gasteiger partial charge is 0.255 e. The molecule has 0 radical (unpaired) electrons. The molecule has 1 aliphatic heterocycles. The zero-order valence-corrected chi connectivity index (χ0v) is 10.3. The van der Waals surface area contributed by atoms with Crippen molar-refractivity contribution in [1.82, 2.24) is 9.88 Å². The van der Waals surface area contributed by atoms with Gasteiger partial charge in [0.1, 0.15) is 5.82 Å². The number of anilines is 1. The fraction of sp³-hybridized carbons (Fsp3) is 0.500. The summed E-state index contributed by atoms with van der Waals surface area (Å²) in [7, 11) is 3.80. The monoisotopic (exact) mass is 235 g/mol. The second-order valence-electron chi connectivity index (χ2n) is 4.96. The molecule has 0 aliphatic carbocycles. The number of hydrogen-bond acceptors (Lipinski definition) is 4. The Morgan fingerprint density at radius 1 is 1.47 bits per heavy atom. The lowest BCUT2D eigenvalue weighted by Gasteiger charge is -2.44. The van der Waals surface area contributed by atoms with Crippen LogP contribution in [0.3, 0.4) is 0 Å². The lowest BCUT2D eigenvalue weighted by Crippen LogP contribution is -2.61. The van der Waals surface area contributed by atoms with Crippen molar-refractivity contribution < 1.29 is 9.90 Å². The molecule has 1 aromatic heterocycles. The zero-order chi connectivity index (χ0) is 12.6. The number of hydrogen-bond donors (Lipinski definition) is 1. The van der Waals surface area contributed by atoms with E-state index in [-0.39, 0.29) is 5.91 Å². The fourth-order valence-electron chi connectivity index (χ4n) is 1.88. The van der Waals surface area contributed by atoms with Crippen LogP contribution < -0.4 is 4.90 Å². The average Bonchev–Trinajstić information content (AvgIpc) is 2.25. The van der Waals surface area contributed by atoms with Crippen LogP contribution >= 0.6 is 0 Å². The predicted molar refractivity (Wildman–Crippen MR) is 65.1 cm³/mol. The Bertz CT molecular complexity index is 418. The van der Waals surface area contributed by atoms with Gasteiger partial charge in [-0.15, -0.1) is 0 Å². The molecule has 5 nitrogen and oxygen atoms in total. The molecule has 1 aromatic rings. The van der Waals surface area contributed by atoms with Crippen molar-refractivity contribution in [3.05, 3.63) is 23.9 Å². The van der Waals surface area contributed by atoms with Gasteiger partial charge in [0, 0.05) is 20.3 Å². The van der Waals surface area contributed by atoms with E-state index in [0.717, 1.165) is 5.82 Å². The van der Waals surface area contributed by atoms with Crippen LogP contribution in [0, 0.1) is 0 Å². The van der Waals surface area contributed by atoms with Gasteiger partial charge < -0.3 is 14.9 Å². The maximum Gasteiger partial charge on any atom is 0.255 e. The summed E-state index contributed by atoms with van der Waals surface area (Å²) < 4.78 is 0. The van der Waals surface area contributed by atoms with Crippen LogP contribution in [0.4, 0.5) is 5.82 Å². The molecule has 5 heteroatoms. The lowest BCUT2D eigenvalue weighted by atomic mass is 9.96.